The first-order valence-electron chi connectivity index (χ1n) is 10.2. The van der Waals surface area contributed by atoms with Gasteiger partial charge in [0.1, 0.15) is 5.54 Å². The summed E-state index contributed by atoms with van der Waals surface area (Å²) in [5.74, 6) is -4.18. The van der Waals surface area contributed by atoms with Gasteiger partial charge in [0.25, 0.3) is 0 Å². The maximum absolute atomic E-state index is 13.6. The number of benzene rings is 1. The van der Waals surface area contributed by atoms with E-state index in [4.69, 9.17) is 0 Å². The van der Waals surface area contributed by atoms with Crippen LogP contribution in [0.2, 0.25) is 0 Å². The Morgan fingerprint density at radius 2 is 1.90 bits per heavy atom. The van der Waals surface area contributed by atoms with Gasteiger partial charge in [0.2, 0.25) is 11.8 Å². The second kappa shape index (κ2) is 7.32. The third kappa shape index (κ3) is 2.69. The van der Waals surface area contributed by atoms with E-state index in [0.717, 1.165) is 5.56 Å². The van der Waals surface area contributed by atoms with Crippen molar-refractivity contribution < 1.29 is 19.5 Å². The highest BCUT2D eigenvalue weighted by Gasteiger charge is 2.70. The van der Waals surface area contributed by atoms with Gasteiger partial charge in [-0.15, -0.1) is 0 Å². The van der Waals surface area contributed by atoms with Gasteiger partial charge >= 0.3 is 5.97 Å². The summed E-state index contributed by atoms with van der Waals surface area (Å²) in [7, 11) is 0. The first-order valence-corrected chi connectivity index (χ1v) is 10.2. The number of rotatable bonds is 5. The maximum atomic E-state index is 13.6. The Morgan fingerprint density at radius 3 is 2.50 bits per heavy atom. The topological polar surface area (TPSA) is 99.6 Å². The van der Waals surface area contributed by atoms with Crippen LogP contribution in [-0.4, -0.2) is 33.4 Å². The molecule has 7 nitrogen and oxygen atoms in total. The first kappa shape index (κ1) is 20.2. The summed E-state index contributed by atoms with van der Waals surface area (Å²) in [6, 6.07) is 11.8. The van der Waals surface area contributed by atoms with Crippen molar-refractivity contribution in [3.63, 3.8) is 0 Å². The largest absolute Gasteiger partial charge is 0.480 e. The van der Waals surface area contributed by atoms with Crippen molar-refractivity contribution in [2.75, 3.05) is 4.90 Å². The number of carboxylic acids is 1. The molecule has 0 bridgehead atoms. The summed E-state index contributed by atoms with van der Waals surface area (Å²) in [6.07, 6.45) is 2.15. The number of imide groups is 1. The molecule has 3 heterocycles. The van der Waals surface area contributed by atoms with Gasteiger partial charge in [0.05, 0.1) is 29.3 Å². The van der Waals surface area contributed by atoms with Crippen LogP contribution in [0.3, 0.4) is 0 Å². The van der Waals surface area contributed by atoms with Gasteiger partial charge in [-0.05, 0) is 36.6 Å². The summed E-state index contributed by atoms with van der Waals surface area (Å²) in [5, 5.41) is 13.5. The van der Waals surface area contributed by atoms with E-state index in [-0.39, 0.29) is 11.8 Å². The molecule has 2 amide bonds. The van der Waals surface area contributed by atoms with E-state index in [1.807, 2.05) is 32.9 Å². The minimum Gasteiger partial charge on any atom is -0.480 e. The molecule has 5 unspecified atom stereocenters. The van der Waals surface area contributed by atoms with Gasteiger partial charge < -0.3 is 5.11 Å². The highest BCUT2D eigenvalue weighted by atomic mass is 16.4. The van der Waals surface area contributed by atoms with Crippen molar-refractivity contribution in [3.05, 3.63) is 59.9 Å². The molecule has 1 aromatic heterocycles. The number of carbonyl (C=O) groups excluding carboxylic acids is 2. The van der Waals surface area contributed by atoms with Crippen molar-refractivity contribution in [2.45, 2.75) is 38.8 Å². The number of carboxylic acid groups (broad SMARTS) is 1. The number of amides is 2. The van der Waals surface area contributed by atoms with Gasteiger partial charge in [-0.2, -0.15) is 0 Å². The molecule has 2 aliphatic rings. The molecule has 2 fully saturated rings. The number of anilines is 1. The molecule has 1 aromatic carbocycles. The SMILES string of the molecule is CCC(C)C1(C(=O)O)NC(c2ccccn2)C2C(=O)N(c3ccccc3C)C(=O)C21. The monoisotopic (exact) mass is 407 g/mol. The molecule has 0 radical (unpaired) electrons. The smallest absolute Gasteiger partial charge is 0.325 e. The highest BCUT2D eigenvalue weighted by molar-refractivity contribution is 6.24. The molecule has 2 N–H and O–H groups in total. The molecule has 0 saturated carbocycles. The van der Waals surface area contributed by atoms with E-state index in [9.17, 15) is 19.5 Å². The predicted octanol–water partition coefficient (Wildman–Crippen LogP) is 2.71. The van der Waals surface area contributed by atoms with E-state index < -0.39 is 35.3 Å². The maximum Gasteiger partial charge on any atom is 0.325 e. The van der Waals surface area contributed by atoms with Crippen LogP contribution in [0.15, 0.2) is 48.7 Å². The number of pyridine rings is 1. The number of para-hydroxylation sites is 1. The van der Waals surface area contributed by atoms with E-state index in [0.29, 0.717) is 17.8 Å². The Morgan fingerprint density at radius 1 is 1.20 bits per heavy atom. The van der Waals surface area contributed by atoms with E-state index in [1.165, 1.54) is 4.90 Å². The molecular weight excluding hydrogens is 382 g/mol. The van der Waals surface area contributed by atoms with Crippen LogP contribution in [0.4, 0.5) is 5.69 Å². The molecule has 2 aromatic rings. The van der Waals surface area contributed by atoms with E-state index in [1.54, 1.807) is 36.5 Å². The van der Waals surface area contributed by atoms with Gasteiger partial charge in [-0.3, -0.25) is 24.7 Å². The zero-order chi connectivity index (χ0) is 21.6. The van der Waals surface area contributed by atoms with Crippen molar-refractivity contribution in [2.24, 2.45) is 17.8 Å². The number of nitrogens with one attached hydrogen (secondary N) is 1. The fraction of sp³-hybridized carbons (Fsp3) is 0.391. The third-order valence-corrected chi connectivity index (χ3v) is 6.70. The second-order valence-electron chi connectivity index (χ2n) is 8.16. The van der Waals surface area contributed by atoms with Crippen LogP contribution in [0.1, 0.15) is 37.6 Å². The number of fused-ring (bicyclic) bond motifs is 1. The van der Waals surface area contributed by atoms with Crippen molar-refractivity contribution in [3.8, 4) is 0 Å². The standard InChI is InChI=1S/C23H25N3O4/c1-4-14(3)23(22(29)30)18-17(19(25-23)15-10-7-8-12-24-15)20(27)26(21(18)28)16-11-6-5-9-13(16)2/h5-12,14,17-19,25H,4H2,1-3H3,(H,29,30). The average Bonchev–Trinajstić information content (AvgIpc) is 3.24. The van der Waals surface area contributed by atoms with Gasteiger partial charge in [-0.1, -0.05) is 44.5 Å². The first-order chi connectivity index (χ1) is 14.3. The normalized spacial score (nSPS) is 29.2. The van der Waals surface area contributed by atoms with Crippen LogP contribution < -0.4 is 10.2 Å². The lowest BCUT2D eigenvalue weighted by Gasteiger charge is -2.36. The Balaban J connectivity index is 1.91. The molecule has 2 saturated heterocycles. The van der Waals surface area contributed by atoms with Crippen LogP contribution in [-0.2, 0) is 14.4 Å². The lowest BCUT2D eigenvalue weighted by molar-refractivity contribution is -0.151. The predicted molar refractivity (Wildman–Crippen MR) is 111 cm³/mol. The summed E-state index contributed by atoms with van der Waals surface area (Å²) in [6.45, 7) is 5.53. The molecule has 156 valence electrons. The molecule has 4 rings (SSSR count). The molecule has 30 heavy (non-hydrogen) atoms. The third-order valence-electron chi connectivity index (χ3n) is 6.70. The van der Waals surface area contributed by atoms with Crippen molar-refractivity contribution in [1.29, 1.82) is 0 Å². The van der Waals surface area contributed by atoms with E-state index >= 15 is 0 Å². The number of aliphatic carboxylic acids is 1. The summed E-state index contributed by atoms with van der Waals surface area (Å²) in [5.41, 5.74) is 0.300. The summed E-state index contributed by atoms with van der Waals surface area (Å²) in [4.78, 5) is 45.4. The number of aromatic nitrogens is 1. The van der Waals surface area contributed by atoms with Crippen LogP contribution >= 0.6 is 0 Å². The molecule has 2 aliphatic heterocycles. The van der Waals surface area contributed by atoms with Crippen LogP contribution in [0, 0.1) is 24.7 Å². The molecule has 5 atom stereocenters. The molecular formula is C23H25N3O4. The fourth-order valence-electron chi connectivity index (χ4n) is 4.99. The number of hydrogen-bond donors (Lipinski definition) is 2. The second-order valence-corrected chi connectivity index (χ2v) is 8.16. The minimum absolute atomic E-state index is 0.371. The Labute approximate surface area is 175 Å². The lowest BCUT2D eigenvalue weighted by atomic mass is 9.72. The zero-order valence-electron chi connectivity index (χ0n) is 17.2. The quantitative estimate of drug-likeness (QED) is 0.740. The Bertz CT molecular complexity index is 1010. The number of aryl methyl sites for hydroxylation is 1. The van der Waals surface area contributed by atoms with Crippen molar-refractivity contribution in [1.82, 2.24) is 10.3 Å². The fourth-order valence-corrected chi connectivity index (χ4v) is 4.99. The number of hydrogen-bond acceptors (Lipinski definition) is 5. The lowest BCUT2D eigenvalue weighted by Crippen LogP contribution is -2.59. The molecule has 0 spiro atoms. The van der Waals surface area contributed by atoms with E-state index in [2.05, 4.69) is 10.3 Å². The van der Waals surface area contributed by atoms with Crippen molar-refractivity contribution >= 4 is 23.5 Å². The zero-order valence-corrected chi connectivity index (χ0v) is 17.2. The highest BCUT2D eigenvalue weighted by Crippen LogP contribution is 2.52. The van der Waals surface area contributed by atoms with Gasteiger partial charge in [-0.25, -0.2) is 4.90 Å². The molecule has 0 aliphatic carbocycles. The summed E-state index contributed by atoms with van der Waals surface area (Å²) < 4.78 is 0. The Hall–Kier alpha value is -3.06. The Kier molecular flexibility index (Phi) is 4.94. The average molecular weight is 407 g/mol. The van der Waals surface area contributed by atoms with Crippen LogP contribution in [0.5, 0.6) is 0 Å². The summed E-state index contributed by atoms with van der Waals surface area (Å²) >= 11 is 0. The van der Waals surface area contributed by atoms with Crippen LogP contribution in [0.25, 0.3) is 0 Å². The van der Waals surface area contributed by atoms with Gasteiger partial charge in [0, 0.05) is 6.20 Å². The number of nitrogens with zero attached hydrogens (tertiary/aromatic N) is 2. The minimum atomic E-state index is -1.55. The number of carbonyl (C=O) groups is 3. The van der Waals surface area contributed by atoms with Gasteiger partial charge in [0.15, 0.2) is 0 Å². The molecule has 7 heteroatoms.